The van der Waals surface area contributed by atoms with E-state index in [0.29, 0.717) is 5.56 Å². The first kappa shape index (κ1) is 16.3. The summed E-state index contributed by atoms with van der Waals surface area (Å²) < 4.78 is 5.12. The van der Waals surface area contributed by atoms with Crippen LogP contribution in [0.4, 0.5) is 0 Å². The van der Waals surface area contributed by atoms with Gasteiger partial charge in [-0.25, -0.2) is 0 Å². The molecular formula is C20H24O2. The zero-order chi connectivity index (χ0) is 16.2. The Morgan fingerprint density at radius 1 is 0.909 bits per heavy atom. The van der Waals surface area contributed by atoms with Gasteiger partial charge in [-0.15, -0.1) is 0 Å². The maximum atomic E-state index is 12.5. The molecular weight excluding hydrogens is 272 g/mol. The number of methoxy groups -OCH3 is 1. The summed E-state index contributed by atoms with van der Waals surface area (Å²) in [5.74, 6) is 0.803. The highest BCUT2D eigenvalue weighted by molar-refractivity contribution is 6.09. The van der Waals surface area contributed by atoms with Gasteiger partial charge in [-0.3, -0.25) is 4.79 Å². The molecule has 0 aromatic heterocycles. The Morgan fingerprint density at radius 3 is 1.77 bits per heavy atom. The molecule has 2 aromatic carbocycles. The maximum absolute atomic E-state index is 12.5. The molecule has 2 aromatic rings. The molecule has 0 atom stereocenters. The SMILES string of the molecule is CCC(C)(CC)c1ccc(C(=O)c2ccc(OC)cc2)cc1. The predicted octanol–water partition coefficient (Wildman–Crippen LogP) is 5.00. The van der Waals surface area contributed by atoms with Crippen LogP contribution in [0, 0.1) is 0 Å². The Labute approximate surface area is 133 Å². The van der Waals surface area contributed by atoms with E-state index in [-0.39, 0.29) is 11.2 Å². The van der Waals surface area contributed by atoms with Crippen molar-refractivity contribution in [3.05, 3.63) is 65.2 Å². The van der Waals surface area contributed by atoms with E-state index in [1.165, 1.54) is 5.56 Å². The number of rotatable bonds is 6. The van der Waals surface area contributed by atoms with Crippen molar-refractivity contribution in [1.82, 2.24) is 0 Å². The van der Waals surface area contributed by atoms with Gasteiger partial charge in [0.25, 0.3) is 0 Å². The molecule has 0 amide bonds. The van der Waals surface area contributed by atoms with E-state index in [4.69, 9.17) is 4.74 Å². The summed E-state index contributed by atoms with van der Waals surface area (Å²) in [6.45, 7) is 6.69. The van der Waals surface area contributed by atoms with Gasteiger partial charge in [0, 0.05) is 11.1 Å². The minimum atomic E-state index is 0.0453. The average Bonchev–Trinajstić information content (AvgIpc) is 2.60. The lowest BCUT2D eigenvalue weighted by atomic mass is 9.77. The molecule has 0 aliphatic heterocycles. The molecule has 0 aliphatic carbocycles. The van der Waals surface area contributed by atoms with Gasteiger partial charge in [-0.05, 0) is 48.1 Å². The molecule has 2 nitrogen and oxygen atoms in total. The lowest BCUT2D eigenvalue weighted by Crippen LogP contribution is -2.19. The molecule has 0 saturated heterocycles. The summed E-state index contributed by atoms with van der Waals surface area (Å²) in [6, 6.07) is 15.3. The van der Waals surface area contributed by atoms with Gasteiger partial charge >= 0.3 is 0 Å². The molecule has 22 heavy (non-hydrogen) atoms. The second-order valence-electron chi connectivity index (χ2n) is 5.90. The molecule has 0 spiro atoms. The number of ether oxygens (including phenoxy) is 1. The minimum absolute atomic E-state index is 0.0453. The number of benzene rings is 2. The lowest BCUT2D eigenvalue weighted by molar-refractivity contribution is 0.103. The first-order valence-corrected chi connectivity index (χ1v) is 7.83. The van der Waals surface area contributed by atoms with Crippen molar-refractivity contribution in [3.8, 4) is 5.75 Å². The third-order valence-electron chi connectivity index (χ3n) is 4.76. The van der Waals surface area contributed by atoms with Crippen LogP contribution < -0.4 is 4.74 Å². The van der Waals surface area contributed by atoms with E-state index in [1.807, 2.05) is 24.3 Å². The smallest absolute Gasteiger partial charge is 0.193 e. The van der Waals surface area contributed by atoms with Crippen molar-refractivity contribution in [2.45, 2.75) is 39.0 Å². The van der Waals surface area contributed by atoms with E-state index < -0.39 is 0 Å². The minimum Gasteiger partial charge on any atom is -0.497 e. The van der Waals surface area contributed by atoms with E-state index in [0.717, 1.165) is 24.2 Å². The van der Waals surface area contributed by atoms with Crippen LogP contribution in [0.2, 0.25) is 0 Å². The van der Waals surface area contributed by atoms with Crippen molar-refractivity contribution < 1.29 is 9.53 Å². The molecule has 0 radical (unpaired) electrons. The second-order valence-corrected chi connectivity index (χ2v) is 5.90. The van der Waals surface area contributed by atoms with E-state index in [1.54, 1.807) is 19.2 Å². The Hall–Kier alpha value is -2.09. The molecule has 2 heteroatoms. The van der Waals surface area contributed by atoms with Crippen molar-refractivity contribution in [1.29, 1.82) is 0 Å². The maximum Gasteiger partial charge on any atom is 0.193 e. The van der Waals surface area contributed by atoms with Crippen LogP contribution in [0.5, 0.6) is 5.75 Å². The fourth-order valence-electron chi connectivity index (χ4n) is 2.59. The Morgan fingerprint density at radius 2 is 1.36 bits per heavy atom. The van der Waals surface area contributed by atoms with Gasteiger partial charge in [0.15, 0.2) is 5.78 Å². The van der Waals surface area contributed by atoms with E-state index >= 15 is 0 Å². The Bertz CT molecular complexity index is 620. The zero-order valence-corrected chi connectivity index (χ0v) is 13.8. The van der Waals surface area contributed by atoms with Crippen LogP contribution in [0.25, 0.3) is 0 Å². The first-order chi connectivity index (χ1) is 10.5. The lowest BCUT2D eigenvalue weighted by Gasteiger charge is -2.27. The van der Waals surface area contributed by atoms with Crippen LogP contribution in [0.1, 0.15) is 55.1 Å². The number of hydrogen-bond acceptors (Lipinski definition) is 2. The fourth-order valence-corrected chi connectivity index (χ4v) is 2.59. The highest BCUT2D eigenvalue weighted by Gasteiger charge is 2.22. The number of hydrogen-bond donors (Lipinski definition) is 0. The summed E-state index contributed by atoms with van der Waals surface area (Å²) in [5, 5.41) is 0. The van der Waals surface area contributed by atoms with Crippen LogP contribution in [0.3, 0.4) is 0 Å². The summed E-state index contributed by atoms with van der Waals surface area (Å²) in [5.41, 5.74) is 2.89. The van der Waals surface area contributed by atoms with Gasteiger partial charge in [-0.2, -0.15) is 0 Å². The summed E-state index contributed by atoms with van der Waals surface area (Å²) >= 11 is 0. The molecule has 0 aliphatic rings. The van der Waals surface area contributed by atoms with Crippen molar-refractivity contribution in [2.24, 2.45) is 0 Å². The highest BCUT2D eigenvalue weighted by Crippen LogP contribution is 2.31. The van der Waals surface area contributed by atoms with Gasteiger partial charge in [0.2, 0.25) is 0 Å². The molecule has 0 unspecified atom stereocenters. The van der Waals surface area contributed by atoms with Crippen LogP contribution in [-0.4, -0.2) is 12.9 Å². The standard InChI is InChI=1S/C20H24O2/c1-5-20(3,6-2)17-11-7-15(8-12-17)19(21)16-9-13-18(22-4)14-10-16/h7-14H,5-6H2,1-4H3. The van der Waals surface area contributed by atoms with Gasteiger partial charge in [0.05, 0.1) is 7.11 Å². The number of ketones is 1. The summed E-state index contributed by atoms with van der Waals surface area (Å²) in [7, 11) is 1.62. The van der Waals surface area contributed by atoms with Crippen LogP contribution >= 0.6 is 0 Å². The van der Waals surface area contributed by atoms with E-state index in [2.05, 4.69) is 32.9 Å². The molecule has 0 fully saturated rings. The number of carbonyl (C=O) groups excluding carboxylic acids is 1. The molecule has 116 valence electrons. The third kappa shape index (κ3) is 3.22. The van der Waals surface area contributed by atoms with Gasteiger partial charge in [0.1, 0.15) is 5.75 Å². The largest absolute Gasteiger partial charge is 0.497 e. The third-order valence-corrected chi connectivity index (χ3v) is 4.76. The highest BCUT2D eigenvalue weighted by atomic mass is 16.5. The van der Waals surface area contributed by atoms with Gasteiger partial charge in [-0.1, -0.05) is 45.0 Å². The Kier molecular flexibility index (Phi) is 5.02. The van der Waals surface area contributed by atoms with Crippen molar-refractivity contribution in [2.75, 3.05) is 7.11 Å². The van der Waals surface area contributed by atoms with Crippen molar-refractivity contribution in [3.63, 3.8) is 0 Å². The molecule has 0 bridgehead atoms. The molecule has 0 saturated carbocycles. The van der Waals surface area contributed by atoms with Crippen LogP contribution in [0.15, 0.2) is 48.5 Å². The normalized spacial score (nSPS) is 11.3. The summed E-state index contributed by atoms with van der Waals surface area (Å²) in [6.07, 6.45) is 2.19. The topological polar surface area (TPSA) is 26.3 Å². The quantitative estimate of drug-likeness (QED) is 0.701. The second kappa shape index (κ2) is 6.78. The predicted molar refractivity (Wildman–Crippen MR) is 90.8 cm³/mol. The summed E-state index contributed by atoms with van der Waals surface area (Å²) in [4.78, 5) is 12.5. The van der Waals surface area contributed by atoms with E-state index in [9.17, 15) is 4.79 Å². The first-order valence-electron chi connectivity index (χ1n) is 7.83. The van der Waals surface area contributed by atoms with Crippen molar-refractivity contribution >= 4 is 5.78 Å². The molecule has 0 heterocycles. The number of carbonyl (C=O) groups is 1. The fraction of sp³-hybridized carbons (Fsp3) is 0.350. The van der Waals surface area contributed by atoms with Gasteiger partial charge < -0.3 is 4.74 Å². The monoisotopic (exact) mass is 296 g/mol. The molecule has 2 rings (SSSR count). The zero-order valence-electron chi connectivity index (χ0n) is 13.8. The van der Waals surface area contributed by atoms with Crippen LogP contribution in [-0.2, 0) is 5.41 Å². The average molecular weight is 296 g/mol. The molecule has 0 N–H and O–H groups in total. The Balaban J connectivity index is 2.24.